The SMILES string of the molecule is COC(=O)c1cc([N+](=O)[O-])c(C2CCN(C(=O)OC(C)(C)C)[C@H](C(C)C)C2=O)cc1F. The van der Waals surface area contributed by atoms with Gasteiger partial charge in [0.05, 0.1) is 24.0 Å². The Morgan fingerprint density at radius 1 is 1.29 bits per heavy atom. The molecule has 1 aliphatic rings. The lowest BCUT2D eigenvalue weighted by Crippen LogP contribution is -2.55. The maximum absolute atomic E-state index is 14.5. The van der Waals surface area contributed by atoms with E-state index in [1.807, 2.05) is 0 Å². The van der Waals surface area contributed by atoms with Gasteiger partial charge in [-0.3, -0.25) is 19.8 Å². The van der Waals surface area contributed by atoms with E-state index in [1.54, 1.807) is 34.6 Å². The van der Waals surface area contributed by atoms with Crippen molar-refractivity contribution < 1.29 is 33.2 Å². The number of carbonyl (C=O) groups is 3. The molecule has 1 fully saturated rings. The van der Waals surface area contributed by atoms with E-state index in [1.165, 1.54) is 4.90 Å². The molecule has 2 atom stereocenters. The monoisotopic (exact) mass is 438 g/mol. The molecule has 1 heterocycles. The Labute approximate surface area is 179 Å². The lowest BCUT2D eigenvalue weighted by molar-refractivity contribution is -0.385. The fourth-order valence-corrected chi connectivity index (χ4v) is 3.71. The number of amides is 1. The van der Waals surface area contributed by atoms with Gasteiger partial charge in [0, 0.05) is 18.2 Å². The number of Topliss-reactive ketones (excluding diaryl/α,β-unsaturated/α-hetero) is 1. The first kappa shape index (κ1) is 24.2. The molecule has 1 unspecified atom stereocenters. The molecule has 0 aromatic heterocycles. The van der Waals surface area contributed by atoms with E-state index < -0.39 is 57.4 Å². The van der Waals surface area contributed by atoms with Gasteiger partial charge in [0.15, 0.2) is 5.78 Å². The molecule has 1 aliphatic heterocycles. The summed E-state index contributed by atoms with van der Waals surface area (Å²) in [6.07, 6.45) is -0.598. The Bertz CT molecular complexity index is 908. The first-order valence-corrected chi connectivity index (χ1v) is 9.88. The summed E-state index contributed by atoms with van der Waals surface area (Å²) in [4.78, 5) is 49.9. The van der Waals surface area contributed by atoms with E-state index in [9.17, 15) is 28.9 Å². The molecular weight excluding hydrogens is 411 g/mol. The largest absolute Gasteiger partial charge is 0.465 e. The summed E-state index contributed by atoms with van der Waals surface area (Å²) < 4.78 is 24.4. The minimum Gasteiger partial charge on any atom is -0.465 e. The average Bonchev–Trinajstić information content (AvgIpc) is 2.64. The summed E-state index contributed by atoms with van der Waals surface area (Å²) in [5.41, 5.74) is -2.02. The summed E-state index contributed by atoms with van der Waals surface area (Å²) in [5.74, 6) is -3.83. The molecule has 31 heavy (non-hydrogen) atoms. The molecular formula is C21H27FN2O7. The van der Waals surface area contributed by atoms with Crippen LogP contribution in [0.25, 0.3) is 0 Å². The Morgan fingerprint density at radius 2 is 1.90 bits per heavy atom. The number of methoxy groups -OCH3 is 1. The zero-order valence-corrected chi connectivity index (χ0v) is 18.4. The topological polar surface area (TPSA) is 116 Å². The van der Waals surface area contributed by atoms with Crippen LogP contribution in [0.5, 0.6) is 0 Å². The van der Waals surface area contributed by atoms with Crippen molar-refractivity contribution >= 4 is 23.5 Å². The molecule has 0 N–H and O–H groups in total. The van der Waals surface area contributed by atoms with Gasteiger partial charge in [-0.1, -0.05) is 13.8 Å². The van der Waals surface area contributed by atoms with E-state index in [2.05, 4.69) is 4.74 Å². The highest BCUT2D eigenvalue weighted by atomic mass is 19.1. The third-order valence-electron chi connectivity index (χ3n) is 4.98. The Morgan fingerprint density at radius 3 is 2.39 bits per heavy atom. The van der Waals surface area contributed by atoms with Crippen LogP contribution in [0.3, 0.4) is 0 Å². The van der Waals surface area contributed by atoms with E-state index in [4.69, 9.17) is 4.74 Å². The number of hydrogen-bond acceptors (Lipinski definition) is 7. The van der Waals surface area contributed by atoms with Crippen molar-refractivity contribution in [2.45, 2.75) is 58.6 Å². The Kier molecular flexibility index (Phi) is 7.03. The van der Waals surface area contributed by atoms with Gasteiger partial charge >= 0.3 is 12.1 Å². The minimum atomic E-state index is -1.06. The van der Waals surface area contributed by atoms with Crippen molar-refractivity contribution in [2.75, 3.05) is 13.7 Å². The highest BCUT2D eigenvalue weighted by Gasteiger charge is 2.44. The fraction of sp³-hybridized carbons (Fsp3) is 0.571. The Balaban J connectivity index is 2.48. The molecule has 0 spiro atoms. The molecule has 9 nitrogen and oxygen atoms in total. The number of ether oxygens (including phenoxy) is 2. The van der Waals surface area contributed by atoms with Gasteiger partial charge < -0.3 is 9.47 Å². The summed E-state index contributed by atoms with van der Waals surface area (Å²) in [7, 11) is 1.03. The van der Waals surface area contributed by atoms with Gasteiger partial charge in [0.25, 0.3) is 5.69 Å². The third kappa shape index (κ3) is 5.18. The second-order valence-electron chi connectivity index (χ2n) is 8.75. The molecule has 10 heteroatoms. The summed E-state index contributed by atoms with van der Waals surface area (Å²) in [5, 5.41) is 11.6. The van der Waals surface area contributed by atoms with Gasteiger partial charge in [0.1, 0.15) is 17.0 Å². The number of piperidine rings is 1. The number of likely N-dealkylation sites (tertiary alicyclic amines) is 1. The average molecular weight is 438 g/mol. The van der Waals surface area contributed by atoms with Crippen LogP contribution in [0.15, 0.2) is 12.1 Å². The predicted octanol–water partition coefficient (Wildman–Crippen LogP) is 3.84. The van der Waals surface area contributed by atoms with Crippen LogP contribution in [0, 0.1) is 21.8 Å². The first-order valence-electron chi connectivity index (χ1n) is 9.88. The van der Waals surface area contributed by atoms with Crippen LogP contribution in [-0.2, 0) is 14.3 Å². The molecule has 0 aliphatic carbocycles. The molecule has 2 rings (SSSR count). The molecule has 170 valence electrons. The zero-order valence-electron chi connectivity index (χ0n) is 18.4. The third-order valence-corrected chi connectivity index (χ3v) is 4.98. The van der Waals surface area contributed by atoms with Crippen molar-refractivity contribution in [1.82, 2.24) is 4.90 Å². The number of ketones is 1. The van der Waals surface area contributed by atoms with E-state index in [-0.39, 0.29) is 24.4 Å². The van der Waals surface area contributed by atoms with Crippen LogP contribution in [0.2, 0.25) is 0 Å². The summed E-state index contributed by atoms with van der Waals surface area (Å²) >= 11 is 0. The lowest BCUT2D eigenvalue weighted by Gasteiger charge is -2.40. The van der Waals surface area contributed by atoms with Crippen LogP contribution in [0.4, 0.5) is 14.9 Å². The number of carbonyl (C=O) groups excluding carboxylic acids is 3. The van der Waals surface area contributed by atoms with E-state index in [0.29, 0.717) is 0 Å². The van der Waals surface area contributed by atoms with Gasteiger partial charge in [-0.2, -0.15) is 0 Å². The van der Waals surface area contributed by atoms with Crippen LogP contribution in [-0.4, -0.2) is 53.0 Å². The maximum atomic E-state index is 14.5. The minimum absolute atomic E-state index is 0.0547. The second kappa shape index (κ2) is 8.99. The van der Waals surface area contributed by atoms with Crippen LogP contribution >= 0.6 is 0 Å². The number of halogens is 1. The zero-order chi connectivity index (χ0) is 23.7. The van der Waals surface area contributed by atoms with Crippen molar-refractivity contribution in [2.24, 2.45) is 5.92 Å². The normalized spacial score (nSPS) is 19.4. The van der Waals surface area contributed by atoms with Crippen molar-refractivity contribution in [3.05, 3.63) is 39.2 Å². The molecule has 1 aromatic carbocycles. The molecule has 0 radical (unpaired) electrons. The standard InChI is InChI=1S/C21H27FN2O7/c1-11(2)17-18(25)12(7-8-23(17)20(27)31-21(3,4)5)13-9-15(22)14(19(26)30-6)10-16(13)24(28)29/h9-12,17H,7-8H2,1-6H3/t12?,17-/m1/s1. The molecule has 1 aromatic rings. The van der Waals surface area contributed by atoms with E-state index >= 15 is 0 Å². The van der Waals surface area contributed by atoms with E-state index in [0.717, 1.165) is 19.2 Å². The number of benzene rings is 1. The van der Waals surface area contributed by atoms with Crippen molar-refractivity contribution in [1.29, 1.82) is 0 Å². The number of esters is 1. The maximum Gasteiger partial charge on any atom is 0.410 e. The fourth-order valence-electron chi connectivity index (χ4n) is 3.71. The molecule has 0 saturated carbocycles. The highest BCUT2D eigenvalue weighted by Crippen LogP contribution is 2.38. The molecule has 1 amide bonds. The van der Waals surface area contributed by atoms with Crippen LogP contribution in [0.1, 0.15) is 62.9 Å². The van der Waals surface area contributed by atoms with Gasteiger partial charge in [0.2, 0.25) is 0 Å². The molecule has 0 bridgehead atoms. The summed E-state index contributed by atoms with van der Waals surface area (Å²) in [6, 6.07) is 0.735. The lowest BCUT2D eigenvalue weighted by atomic mass is 9.79. The summed E-state index contributed by atoms with van der Waals surface area (Å²) in [6.45, 7) is 8.72. The van der Waals surface area contributed by atoms with Gasteiger partial charge in [-0.05, 0) is 39.2 Å². The quantitative estimate of drug-likeness (QED) is 0.398. The highest BCUT2D eigenvalue weighted by molar-refractivity contribution is 5.96. The van der Waals surface area contributed by atoms with Crippen LogP contribution < -0.4 is 0 Å². The Hall–Kier alpha value is -3.04. The molecule has 1 saturated heterocycles. The number of rotatable bonds is 4. The predicted molar refractivity (Wildman–Crippen MR) is 108 cm³/mol. The van der Waals surface area contributed by atoms with Gasteiger partial charge in [-0.25, -0.2) is 14.0 Å². The van der Waals surface area contributed by atoms with Gasteiger partial charge in [-0.15, -0.1) is 0 Å². The second-order valence-corrected chi connectivity index (χ2v) is 8.75. The number of nitrogens with zero attached hydrogens (tertiary/aromatic N) is 2. The number of nitro benzene ring substituents is 1. The van der Waals surface area contributed by atoms with Crippen molar-refractivity contribution in [3.8, 4) is 0 Å². The number of hydrogen-bond donors (Lipinski definition) is 0. The smallest absolute Gasteiger partial charge is 0.410 e. The van der Waals surface area contributed by atoms with Crippen molar-refractivity contribution in [3.63, 3.8) is 0 Å². The number of nitro groups is 1. The first-order chi connectivity index (χ1) is 14.3.